The molecule has 2 aromatic rings. The minimum Gasteiger partial charge on any atom is -0.489 e. The minimum absolute atomic E-state index is 0.0425. The summed E-state index contributed by atoms with van der Waals surface area (Å²) in [6.07, 6.45) is 6.98. The summed E-state index contributed by atoms with van der Waals surface area (Å²) in [5, 5.41) is 12.7. The third-order valence-electron chi connectivity index (χ3n) is 7.14. The van der Waals surface area contributed by atoms with E-state index >= 15 is 0 Å². The van der Waals surface area contributed by atoms with Gasteiger partial charge in [-0.3, -0.25) is 10.1 Å². The van der Waals surface area contributed by atoms with Gasteiger partial charge in [-0.1, -0.05) is 32.9 Å². The summed E-state index contributed by atoms with van der Waals surface area (Å²) in [6, 6.07) is 5.09. The molecule has 2 aromatic heterocycles. The van der Waals surface area contributed by atoms with E-state index in [1.807, 2.05) is 26.8 Å². The van der Waals surface area contributed by atoms with Gasteiger partial charge < -0.3 is 24.8 Å². The van der Waals surface area contributed by atoms with Gasteiger partial charge in [0, 0.05) is 36.7 Å². The molecule has 1 aliphatic heterocycles. The Labute approximate surface area is 218 Å². The van der Waals surface area contributed by atoms with Gasteiger partial charge in [0.05, 0.1) is 6.20 Å². The number of pyridine rings is 1. The van der Waals surface area contributed by atoms with Crippen molar-refractivity contribution in [2.45, 2.75) is 89.8 Å². The number of urea groups is 1. The average Bonchev–Trinajstić information content (AvgIpc) is 3.35. The molecule has 0 atom stereocenters. The maximum Gasteiger partial charge on any atom is 0.320 e. The molecule has 10 heteroatoms. The fraction of sp³-hybridized carbons (Fsp3) is 0.630. The Kier molecular flexibility index (Phi) is 8.68. The Hall–Kier alpha value is -3.14. The highest BCUT2D eigenvalue weighted by Gasteiger charge is 2.26. The van der Waals surface area contributed by atoms with Crippen molar-refractivity contribution in [3.8, 4) is 5.75 Å². The Morgan fingerprint density at radius 1 is 1.05 bits per heavy atom. The van der Waals surface area contributed by atoms with Gasteiger partial charge in [-0.25, -0.2) is 9.78 Å². The maximum atomic E-state index is 12.7. The summed E-state index contributed by atoms with van der Waals surface area (Å²) in [4.78, 5) is 31.8. The van der Waals surface area contributed by atoms with E-state index in [0.29, 0.717) is 23.0 Å². The van der Waals surface area contributed by atoms with E-state index in [4.69, 9.17) is 9.26 Å². The molecule has 0 spiro atoms. The molecule has 10 nitrogen and oxygen atoms in total. The zero-order valence-corrected chi connectivity index (χ0v) is 22.4. The Morgan fingerprint density at radius 2 is 1.73 bits per heavy atom. The molecule has 0 bridgehead atoms. The summed E-state index contributed by atoms with van der Waals surface area (Å²) >= 11 is 0. The summed E-state index contributed by atoms with van der Waals surface area (Å²) in [5.41, 5.74) is 0.207. The maximum absolute atomic E-state index is 12.7. The number of ether oxygens (including phenoxy) is 1. The molecule has 0 radical (unpaired) electrons. The second-order valence-corrected chi connectivity index (χ2v) is 11.1. The molecule has 4 rings (SSSR count). The Bertz CT molecular complexity index is 1030. The highest BCUT2D eigenvalue weighted by atomic mass is 16.5. The molecule has 2 aliphatic rings. The summed E-state index contributed by atoms with van der Waals surface area (Å²) in [6.45, 7) is 11.4. The van der Waals surface area contributed by atoms with Crippen LogP contribution in [0.3, 0.4) is 0 Å². The zero-order chi connectivity index (χ0) is 26.4. The summed E-state index contributed by atoms with van der Waals surface area (Å²) in [7, 11) is 0. The van der Waals surface area contributed by atoms with Crippen molar-refractivity contribution in [3.63, 3.8) is 0 Å². The van der Waals surface area contributed by atoms with Crippen molar-refractivity contribution < 1.29 is 18.8 Å². The van der Waals surface area contributed by atoms with Crippen LogP contribution in [0.2, 0.25) is 0 Å². The molecule has 1 aliphatic carbocycles. The third kappa shape index (κ3) is 7.67. The first-order valence-electron chi connectivity index (χ1n) is 13.4. The zero-order valence-electron chi connectivity index (χ0n) is 22.4. The van der Waals surface area contributed by atoms with Gasteiger partial charge >= 0.3 is 6.03 Å². The van der Waals surface area contributed by atoms with Gasteiger partial charge in [0.15, 0.2) is 5.82 Å². The number of rotatable bonds is 7. The molecule has 0 aromatic carbocycles. The first-order chi connectivity index (χ1) is 17.7. The molecule has 1 saturated carbocycles. The lowest BCUT2D eigenvalue weighted by atomic mass is 9.91. The normalized spacial score (nSPS) is 21.3. The molecule has 1 saturated heterocycles. The standard InChI is InChI=1S/C27H40N6O4/c1-5-33-14-12-20(13-15-33)36-21-10-11-22(28-17-21)25(34)29-18-6-8-19(9-7-18)30-26(35)31-24-16-23(37-32-24)27(2,3)4/h10-11,16-20H,5-9,12-15H2,1-4H3,(H,29,34)(H2,30,31,32,35)/t18-,19-. The van der Waals surface area contributed by atoms with E-state index in [2.05, 4.69) is 37.9 Å². The quantitative estimate of drug-likeness (QED) is 0.511. The predicted molar refractivity (Wildman–Crippen MR) is 141 cm³/mol. The number of nitrogens with zero attached hydrogens (tertiary/aromatic N) is 3. The van der Waals surface area contributed by atoms with E-state index in [9.17, 15) is 9.59 Å². The molecular formula is C27H40N6O4. The first-order valence-corrected chi connectivity index (χ1v) is 13.4. The van der Waals surface area contributed by atoms with Crippen LogP contribution in [-0.2, 0) is 5.41 Å². The average molecular weight is 513 g/mol. The number of hydrogen-bond acceptors (Lipinski definition) is 7. The van der Waals surface area contributed by atoms with Gasteiger partial charge in [-0.05, 0) is 57.2 Å². The number of hydrogen-bond donors (Lipinski definition) is 3. The van der Waals surface area contributed by atoms with Crippen molar-refractivity contribution in [2.75, 3.05) is 25.0 Å². The van der Waals surface area contributed by atoms with Crippen LogP contribution in [0.5, 0.6) is 5.75 Å². The second kappa shape index (κ2) is 11.9. The van der Waals surface area contributed by atoms with Crippen LogP contribution in [0.25, 0.3) is 0 Å². The fourth-order valence-corrected chi connectivity index (χ4v) is 4.79. The lowest BCUT2D eigenvalue weighted by Gasteiger charge is -2.31. The number of piperidine rings is 1. The third-order valence-corrected chi connectivity index (χ3v) is 7.14. The lowest BCUT2D eigenvalue weighted by Crippen LogP contribution is -2.45. The van der Waals surface area contributed by atoms with Crippen molar-refractivity contribution >= 4 is 17.8 Å². The van der Waals surface area contributed by atoms with Crippen LogP contribution in [-0.4, -0.2) is 64.8 Å². The monoisotopic (exact) mass is 512 g/mol. The van der Waals surface area contributed by atoms with Gasteiger partial charge in [0.2, 0.25) is 0 Å². The van der Waals surface area contributed by atoms with Crippen LogP contribution < -0.4 is 20.7 Å². The predicted octanol–water partition coefficient (Wildman–Crippen LogP) is 4.09. The van der Waals surface area contributed by atoms with Gasteiger partial charge in [0.25, 0.3) is 5.91 Å². The van der Waals surface area contributed by atoms with E-state index in [1.54, 1.807) is 18.3 Å². The van der Waals surface area contributed by atoms with E-state index < -0.39 is 0 Å². The largest absolute Gasteiger partial charge is 0.489 e. The van der Waals surface area contributed by atoms with Crippen molar-refractivity contribution in [1.29, 1.82) is 0 Å². The topological polar surface area (TPSA) is 122 Å². The smallest absolute Gasteiger partial charge is 0.320 e. The van der Waals surface area contributed by atoms with Gasteiger partial charge in [-0.2, -0.15) is 0 Å². The van der Waals surface area contributed by atoms with Crippen molar-refractivity contribution in [2.24, 2.45) is 0 Å². The van der Waals surface area contributed by atoms with E-state index in [0.717, 1.165) is 58.2 Å². The van der Waals surface area contributed by atoms with E-state index in [-0.39, 0.29) is 35.5 Å². The number of amides is 3. The Morgan fingerprint density at radius 3 is 2.30 bits per heavy atom. The van der Waals surface area contributed by atoms with Crippen LogP contribution in [0.4, 0.5) is 10.6 Å². The molecule has 3 N–H and O–H groups in total. The highest BCUT2D eigenvalue weighted by molar-refractivity contribution is 5.92. The van der Waals surface area contributed by atoms with Gasteiger partial charge in [-0.15, -0.1) is 0 Å². The number of likely N-dealkylation sites (tertiary alicyclic amines) is 1. The molecule has 202 valence electrons. The van der Waals surface area contributed by atoms with Crippen LogP contribution in [0, 0.1) is 0 Å². The summed E-state index contributed by atoms with van der Waals surface area (Å²) in [5.74, 6) is 1.63. The van der Waals surface area contributed by atoms with E-state index in [1.165, 1.54) is 0 Å². The molecule has 37 heavy (non-hydrogen) atoms. The fourth-order valence-electron chi connectivity index (χ4n) is 4.79. The molecule has 3 heterocycles. The van der Waals surface area contributed by atoms with Crippen LogP contribution >= 0.6 is 0 Å². The number of nitrogens with one attached hydrogen (secondary N) is 3. The number of carbonyl (C=O) groups is 2. The minimum atomic E-state index is -0.302. The highest BCUT2D eigenvalue weighted by Crippen LogP contribution is 2.25. The molecule has 0 unspecified atom stereocenters. The Balaban J connectivity index is 1.16. The number of aromatic nitrogens is 2. The SMILES string of the molecule is CCN1CCC(Oc2ccc(C(=O)N[C@H]3CC[C@H](NC(=O)Nc4cc(C(C)(C)C)on4)CC3)nc2)CC1. The lowest BCUT2D eigenvalue weighted by molar-refractivity contribution is 0.0918. The van der Waals surface area contributed by atoms with Crippen molar-refractivity contribution in [1.82, 2.24) is 25.7 Å². The van der Waals surface area contributed by atoms with Crippen LogP contribution in [0.15, 0.2) is 28.9 Å². The van der Waals surface area contributed by atoms with Crippen LogP contribution in [0.1, 0.15) is 82.5 Å². The molecule has 2 fully saturated rings. The van der Waals surface area contributed by atoms with Gasteiger partial charge in [0.1, 0.15) is 23.3 Å². The van der Waals surface area contributed by atoms with Crippen molar-refractivity contribution in [3.05, 3.63) is 35.9 Å². The second-order valence-electron chi connectivity index (χ2n) is 11.1. The summed E-state index contributed by atoms with van der Waals surface area (Å²) < 4.78 is 11.4. The molecular weight excluding hydrogens is 472 g/mol. The first kappa shape index (κ1) is 26.9. The molecule has 3 amide bonds. The number of anilines is 1. The number of carbonyl (C=O) groups excluding carboxylic acids is 2.